The average molecular weight is 522 g/mol. The normalized spacial score (nSPS) is 16.0. The predicted molar refractivity (Wildman–Crippen MR) is 130 cm³/mol. The lowest BCUT2D eigenvalue weighted by molar-refractivity contribution is -0.143. The summed E-state index contributed by atoms with van der Waals surface area (Å²) < 4.78 is 85.1. The lowest BCUT2D eigenvalue weighted by atomic mass is 9.95. The summed E-state index contributed by atoms with van der Waals surface area (Å²) in [5.74, 6) is 0.768. The van der Waals surface area contributed by atoms with Crippen molar-refractivity contribution in [3.8, 4) is 5.75 Å². The summed E-state index contributed by atoms with van der Waals surface area (Å²) in [6, 6.07) is 18.7. The molecule has 1 aliphatic rings. The van der Waals surface area contributed by atoms with E-state index in [1.54, 1.807) is 13.5 Å². The molecule has 1 aliphatic heterocycles. The average Bonchev–Trinajstić information content (AvgIpc) is 2.89. The Labute approximate surface area is 212 Å². The zero-order chi connectivity index (χ0) is 26.6. The molecule has 0 aromatic heterocycles. The van der Waals surface area contributed by atoms with Gasteiger partial charge in [0.05, 0.1) is 18.2 Å². The summed E-state index contributed by atoms with van der Waals surface area (Å²) in [6.45, 7) is 2.81. The lowest BCUT2D eigenvalue weighted by Gasteiger charge is -2.40. The van der Waals surface area contributed by atoms with Crippen molar-refractivity contribution in [2.24, 2.45) is 0 Å². The van der Waals surface area contributed by atoms with E-state index >= 15 is 0 Å². The fourth-order valence-corrected chi connectivity index (χ4v) is 4.58. The molecule has 4 rings (SSSR count). The van der Waals surface area contributed by atoms with Crippen molar-refractivity contribution in [2.75, 3.05) is 38.2 Å². The first-order chi connectivity index (χ1) is 17.5. The Kier molecular flexibility index (Phi) is 8.02. The van der Waals surface area contributed by atoms with Gasteiger partial charge in [-0.3, -0.25) is 4.90 Å². The Balaban J connectivity index is 1.52. The topological polar surface area (TPSA) is 15.7 Å². The number of benzene rings is 3. The third-order valence-electron chi connectivity index (χ3n) is 6.51. The molecule has 1 heterocycles. The summed E-state index contributed by atoms with van der Waals surface area (Å²) in [6.07, 6.45) is -7.97. The minimum atomic E-state index is -4.87. The Morgan fingerprint density at radius 1 is 0.784 bits per heavy atom. The summed E-state index contributed by atoms with van der Waals surface area (Å²) >= 11 is 0. The molecule has 37 heavy (non-hydrogen) atoms. The quantitative estimate of drug-likeness (QED) is 0.310. The summed E-state index contributed by atoms with van der Waals surface area (Å²) in [7, 11) is 1.61. The standard InChI is InChI=1S/C28H27F6N2O/c1-37-25-10-8-24(9-11-25)35-13-15-36(16-14-35)26(21-5-3-2-4-6-21)12-7-20-17-22(27(29,30)31)19-23(18-20)28(32,33)34/h2-6,8-12,17-19,26H,7,13-16H2,1H3. The highest BCUT2D eigenvalue weighted by Crippen LogP contribution is 2.37. The second kappa shape index (κ2) is 11.0. The molecule has 0 bridgehead atoms. The largest absolute Gasteiger partial charge is 0.497 e. The molecule has 1 radical (unpaired) electrons. The molecule has 1 atom stereocenters. The van der Waals surface area contributed by atoms with Crippen LogP contribution < -0.4 is 9.64 Å². The van der Waals surface area contributed by atoms with Gasteiger partial charge in [0.1, 0.15) is 5.75 Å². The highest BCUT2D eigenvalue weighted by atomic mass is 19.4. The van der Waals surface area contributed by atoms with Crippen LogP contribution >= 0.6 is 0 Å². The van der Waals surface area contributed by atoms with Crippen LogP contribution in [0, 0.1) is 6.42 Å². The second-order valence-electron chi connectivity index (χ2n) is 8.93. The Bertz CT molecular complexity index is 1120. The maximum absolute atomic E-state index is 13.3. The van der Waals surface area contributed by atoms with Gasteiger partial charge >= 0.3 is 12.4 Å². The number of halogens is 6. The van der Waals surface area contributed by atoms with E-state index in [4.69, 9.17) is 4.74 Å². The van der Waals surface area contributed by atoms with Gasteiger partial charge in [0.2, 0.25) is 0 Å². The third-order valence-corrected chi connectivity index (χ3v) is 6.51. The van der Waals surface area contributed by atoms with Gasteiger partial charge in [-0.05, 0) is 66.4 Å². The zero-order valence-corrected chi connectivity index (χ0v) is 20.2. The van der Waals surface area contributed by atoms with Crippen LogP contribution in [0.4, 0.5) is 32.0 Å². The van der Waals surface area contributed by atoms with E-state index in [0.717, 1.165) is 42.2 Å². The fraction of sp³-hybridized carbons (Fsp3) is 0.321. The molecule has 9 heteroatoms. The minimum absolute atomic E-state index is 0.0278. The second-order valence-corrected chi connectivity index (χ2v) is 8.93. The van der Waals surface area contributed by atoms with Crippen LogP contribution in [-0.4, -0.2) is 38.2 Å². The van der Waals surface area contributed by atoms with Crippen molar-refractivity contribution in [3.63, 3.8) is 0 Å². The van der Waals surface area contributed by atoms with Gasteiger partial charge in [0.25, 0.3) is 0 Å². The van der Waals surface area contributed by atoms with Crippen LogP contribution in [0.1, 0.15) is 28.3 Å². The summed E-state index contributed by atoms with van der Waals surface area (Å²) in [4.78, 5) is 4.44. The van der Waals surface area contributed by atoms with Gasteiger partial charge in [-0.2, -0.15) is 26.3 Å². The highest BCUT2D eigenvalue weighted by molar-refractivity contribution is 5.49. The van der Waals surface area contributed by atoms with Crippen molar-refractivity contribution >= 4 is 5.69 Å². The molecular formula is C28H27F6N2O. The van der Waals surface area contributed by atoms with E-state index in [1.165, 1.54) is 0 Å². The molecule has 197 valence electrons. The van der Waals surface area contributed by atoms with Gasteiger partial charge in [-0.25, -0.2) is 0 Å². The van der Waals surface area contributed by atoms with Crippen LogP contribution in [0.3, 0.4) is 0 Å². The number of hydrogen-bond acceptors (Lipinski definition) is 3. The molecule has 0 spiro atoms. The lowest BCUT2D eigenvalue weighted by Crippen LogP contribution is -2.48. The molecule has 0 aliphatic carbocycles. The Morgan fingerprint density at radius 2 is 1.35 bits per heavy atom. The Morgan fingerprint density at radius 3 is 1.86 bits per heavy atom. The molecule has 3 aromatic carbocycles. The number of piperazine rings is 1. The van der Waals surface area contributed by atoms with Gasteiger partial charge < -0.3 is 9.64 Å². The number of methoxy groups -OCH3 is 1. The zero-order valence-electron chi connectivity index (χ0n) is 20.2. The van der Waals surface area contributed by atoms with E-state index in [9.17, 15) is 26.3 Å². The molecule has 3 nitrogen and oxygen atoms in total. The molecule has 1 fully saturated rings. The van der Waals surface area contributed by atoms with Crippen LogP contribution in [0.25, 0.3) is 0 Å². The van der Waals surface area contributed by atoms with Crippen LogP contribution in [0.15, 0.2) is 72.8 Å². The number of nitrogens with zero attached hydrogens (tertiary/aromatic N) is 2. The number of hydrogen-bond donors (Lipinski definition) is 0. The molecule has 1 unspecified atom stereocenters. The van der Waals surface area contributed by atoms with Crippen LogP contribution in [-0.2, 0) is 18.8 Å². The predicted octanol–water partition coefficient (Wildman–Crippen LogP) is 7.04. The molecule has 0 N–H and O–H groups in total. The smallest absolute Gasteiger partial charge is 0.416 e. The first kappa shape index (κ1) is 26.9. The summed E-state index contributed by atoms with van der Waals surface area (Å²) in [5, 5.41) is 0. The third kappa shape index (κ3) is 6.77. The fourth-order valence-electron chi connectivity index (χ4n) is 4.58. The van der Waals surface area contributed by atoms with Gasteiger partial charge in [0.15, 0.2) is 0 Å². The van der Waals surface area contributed by atoms with Crippen LogP contribution in [0.2, 0.25) is 0 Å². The van der Waals surface area contributed by atoms with Crippen molar-refractivity contribution in [1.82, 2.24) is 4.90 Å². The maximum Gasteiger partial charge on any atom is 0.416 e. The number of anilines is 1. The van der Waals surface area contributed by atoms with Gasteiger partial charge in [-0.1, -0.05) is 30.3 Å². The van der Waals surface area contributed by atoms with Crippen molar-refractivity contribution in [1.29, 1.82) is 0 Å². The number of ether oxygens (including phenoxy) is 1. The minimum Gasteiger partial charge on any atom is -0.497 e. The van der Waals surface area contributed by atoms with Crippen molar-refractivity contribution < 1.29 is 31.1 Å². The van der Waals surface area contributed by atoms with Gasteiger partial charge in [0, 0.05) is 37.9 Å². The first-order valence-corrected chi connectivity index (χ1v) is 11.8. The maximum atomic E-state index is 13.3. The van der Waals surface area contributed by atoms with E-state index in [-0.39, 0.29) is 24.1 Å². The van der Waals surface area contributed by atoms with E-state index in [1.807, 2.05) is 54.6 Å². The number of alkyl halides is 6. The monoisotopic (exact) mass is 521 g/mol. The van der Waals surface area contributed by atoms with Crippen molar-refractivity contribution in [3.05, 3.63) is 101 Å². The molecule has 0 saturated carbocycles. The van der Waals surface area contributed by atoms with Crippen molar-refractivity contribution in [2.45, 2.75) is 24.8 Å². The molecule has 3 aromatic rings. The van der Waals surface area contributed by atoms with Crippen LogP contribution in [0.5, 0.6) is 5.75 Å². The number of rotatable bonds is 7. The Hall–Kier alpha value is -3.20. The SMILES string of the molecule is COc1ccc(N2CCN(C([CH]Cc3cc(C(F)(F)F)cc(C(F)(F)F)c3)c3ccccc3)CC2)cc1. The van der Waals surface area contributed by atoms with E-state index < -0.39 is 23.5 Å². The molecule has 0 amide bonds. The molecule has 1 saturated heterocycles. The highest BCUT2D eigenvalue weighted by Gasteiger charge is 2.37. The first-order valence-electron chi connectivity index (χ1n) is 11.8. The van der Waals surface area contributed by atoms with Gasteiger partial charge in [-0.15, -0.1) is 0 Å². The summed E-state index contributed by atoms with van der Waals surface area (Å²) in [5.41, 5.74) is -0.627. The van der Waals surface area contributed by atoms with E-state index in [0.29, 0.717) is 13.1 Å². The molecular weight excluding hydrogens is 494 g/mol. The van der Waals surface area contributed by atoms with E-state index in [2.05, 4.69) is 9.80 Å².